The Morgan fingerprint density at radius 2 is 2.08 bits per heavy atom. The van der Waals surface area contributed by atoms with Crippen molar-refractivity contribution in [2.24, 2.45) is 0 Å². The molecule has 0 aromatic heterocycles. The van der Waals surface area contributed by atoms with Crippen LogP contribution in [0.25, 0.3) is 0 Å². The van der Waals surface area contributed by atoms with Gasteiger partial charge >= 0.3 is 5.97 Å². The largest absolute Gasteiger partial charge is 0.481 e. The summed E-state index contributed by atoms with van der Waals surface area (Å²) in [6.45, 7) is 0. The van der Waals surface area contributed by atoms with Gasteiger partial charge in [0, 0.05) is 0 Å². The first kappa shape index (κ1) is 9.31. The molecular weight excluding hydrogens is 271 g/mol. The second-order valence-corrected chi connectivity index (χ2v) is 3.84. The molecule has 0 bridgehead atoms. The molecule has 64 valence electrons. The van der Waals surface area contributed by atoms with Gasteiger partial charge in [-0.05, 0) is 11.6 Å². The maximum Gasteiger partial charge on any atom is 0.307 e. The average Bonchev–Trinajstić information content (AvgIpc) is 2.04. The molecule has 1 aromatic carbocycles. The first-order valence-corrected chi connectivity index (χ1v) is 5.27. The molecule has 0 aliphatic carbocycles. The van der Waals surface area contributed by atoms with Gasteiger partial charge in [0.2, 0.25) is 0 Å². The van der Waals surface area contributed by atoms with Crippen LogP contribution in [0.15, 0.2) is 24.3 Å². The van der Waals surface area contributed by atoms with Gasteiger partial charge in [-0.15, -0.1) is 0 Å². The predicted octanol–water partition coefficient (Wildman–Crippen LogP) is 1.80. The molecule has 1 N–H and O–H groups in total. The molecule has 0 atom stereocenters. The van der Waals surface area contributed by atoms with Crippen LogP contribution in [-0.4, -0.2) is 11.1 Å². The quantitative estimate of drug-likeness (QED) is 0.858. The Morgan fingerprint density at radius 1 is 1.42 bits per heavy atom. The molecule has 0 unspecified atom stereocenters. The first-order valence-electron chi connectivity index (χ1n) is 3.31. The Balaban J connectivity index is 2.96. The fourth-order valence-electron chi connectivity index (χ4n) is 0.880. The Labute approximate surface area is 80.1 Å². The zero-order valence-electron chi connectivity index (χ0n) is 6.16. The number of benzene rings is 1. The van der Waals surface area contributed by atoms with E-state index in [4.69, 9.17) is 5.11 Å². The second kappa shape index (κ2) is 4.30. The van der Waals surface area contributed by atoms with Crippen molar-refractivity contribution in [1.82, 2.24) is 0 Å². The molecule has 4 heteroatoms. The highest BCUT2D eigenvalue weighted by atomic mass is 127. The summed E-state index contributed by atoms with van der Waals surface area (Å²) < 4.78 is 11.3. The van der Waals surface area contributed by atoms with E-state index >= 15 is 0 Å². The van der Waals surface area contributed by atoms with Gasteiger partial charge in [0.15, 0.2) is 21.2 Å². The van der Waals surface area contributed by atoms with Crippen molar-refractivity contribution >= 4 is 27.2 Å². The minimum absolute atomic E-state index is 0.0435. The topological polar surface area (TPSA) is 54.4 Å². The van der Waals surface area contributed by atoms with E-state index in [1.807, 2.05) is 0 Å². The number of carboxylic acid groups (broad SMARTS) is 1. The monoisotopic (exact) mass is 278 g/mol. The van der Waals surface area contributed by atoms with Gasteiger partial charge in [-0.25, -0.2) is 0 Å². The molecule has 0 fully saturated rings. The molecular formula is C8H7IO3. The Morgan fingerprint density at radius 3 is 2.67 bits per heavy atom. The molecule has 12 heavy (non-hydrogen) atoms. The number of hydrogen-bond acceptors (Lipinski definition) is 2. The molecule has 1 rings (SSSR count). The lowest BCUT2D eigenvalue weighted by Gasteiger charge is -1.97. The maximum absolute atomic E-state index is 10.7. The number of aliphatic carboxylic acids is 1. The maximum atomic E-state index is 10.7. The van der Waals surface area contributed by atoms with Crippen LogP contribution >= 0.6 is 21.2 Å². The summed E-state index contributed by atoms with van der Waals surface area (Å²) in [7, 11) is 0. The molecule has 3 nitrogen and oxygen atoms in total. The Hall–Kier alpha value is -0.780. The highest BCUT2D eigenvalue weighted by Crippen LogP contribution is 2.15. The Bertz CT molecular complexity index is 309. The van der Waals surface area contributed by atoms with Crippen LogP contribution in [0.1, 0.15) is 5.56 Å². The standard InChI is InChI=1S/C8H7IO3/c10-8(11)5-6-3-1-2-4-7(6)9-12/h1-4H,5H2,(H,10,11). The molecule has 0 amide bonds. The third-order valence-corrected chi connectivity index (χ3v) is 2.91. The third-order valence-electron chi connectivity index (χ3n) is 1.38. The smallest absolute Gasteiger partial charge is 0.307 e. The first-order chi connectivity index (χ1) is 5.74. The van der Waals surface area contributed by atoms with E-state index in [-0.39, 0.29) is 6.42 Å². The summed E-state index contributed by atoms with van der Waals surface area (Å²) in [4.78, 5) is 10.3. The zero-order valence-corrected chi connectivity index (χ0v) is 8.32. The third kappa shape index (κ3) is 2.37. The van der Waals surface area contributed by atoms with Gasteiger partial charge in [0.25, 0.3) is 0 Å². The highest BCUT2D eigenvalue weighted by molar-refractivity contribution is 14.1. The van der Waals surface area contributed by atoms with Crippen LogP contribution in [0, 0.1) is 3.57 Å². The van der Waals surface area contributed by atoms with Crippen LogP contribution in [0.4, 0.5) is 0 Å². The van der Waals surface area contributed by atoms with E-state index in [0.29, 0.717) is 9.13 Å². The van der Waals surface area contributed by atoms with Gasteiger partial charge in [0.1, 0.15) is 0 Å². The minimum atomic E-state index is -1.26. The van der Waals surface area contributed by atoms with E-state index in [2.05, 4.69) is 0 Å². The number of hydrogen-bond donors (Lipinski definition) is 1. The van der Waals surface area contributed by atoms with Gasteiger partial charge in [-0.3, -0.25) is 7.86 Å². The van der Waals surface area contributed by atoms with Crippen molar-refractivity contribution in [3.8, 4) is 0 Å². The lowest BCUT2D eigenvalue weighted by atomic mass is 10.2. The molecule has 0 spiro atoms. The summed E-state index contributed by atoms with van der Waals surface area (Å²) in [5.41, 5.74) is 0.660. The van der Waals surface area contributed by atoms with E-state index in [0.717, 1.165) is 0 Å². The summed E-state index contributed by atoms with van der Waals surface area (Å²) in [6, 6.07) is 6.92. The van der Waals surface area contributed by atoms with Crippen molar-refractivity contribution in [1.29, 1.82) is 0 Å². The summed E-state index contributed by atoms with van der Waals surface area (Å²) in [5, 5.41) is 8.50. The molecule has 0 heterocycles. The SMILES string of the molecule is O=Ic1ccccc1CC(=O)O. The van der Waals surface area contributed by atoms with E-state index < -0.39 is 27.2 Å². The van der Waals surface area contributed by atoms with Crippen LogP contribution < -0.4 is 0 Å². The van der Waals surface area contributed by atoms with Crippen molar-refractivity contribution in [3.63, 3.8) is 0 Å². The van der Waals surface area contributed by atoms with Gasteiger partial charge in [0.05, 0.1) is 9.99 Å². The van der Waals surface area contributed by atoms with E-state index in [9.17, 15) is 7.86 Å². The second-order valence-electron chi connectivity index (χ2n) is 2.24. The summed E-state index contributed by atoms with van der Waals surface area (Å²) >= 11 is -1.26. The van der Waals surface area contributed by atoms with Crippen LogP contribution in [0.5, 0.6) is 0 Å². The molecule has 0 radical (unpaired) electrons. The van der Waals surface area contributed by atoms with Crippen molar-refractivity contribution < 1.29 is 13.0 Å². The fraction of sp³-hybridized carbons (Fsp3) is 0.125. The lowest BCUT2D eigenvalue weighted by Crippen LogP contribution is -2.01. The lowest BCUT2D eigenvalue weighted by molar-refractivity contribution is -0.136. The van der Waals surface area contributed by atoms with Crippen LogP contribution in [-0.2, 0) is 14.3 Å². The molecule has 0 aliphatic rings. The number of carbonyl (C=O) groups is 1. The van der Waals surface area contributed by atoms with E-state index in [1.54, 1.807) is 24.3 Å². The van der Waals surface area contributed by atoms with Gasteiger partial charge in [-0.1, -0.05) is 18.2 Å². The number of halogens is 1. The van der Waals surface area contributed by atoms with Gasteiger partial charge < -0.3 is 5.11 Å². The summed E-state index contributed by atoms with van der Waals surface area (Å²) in [6.07, 6.45) is -0.0435. The van der Waals surface area contributed by atoms with Crippen molar-refractivity contribution in [3.05, 3.63) is 33.4 Å². The molecule has 1 aromatic rings. The van der Waals surface area contributed by atoms with Gasteiger partial charge in [-0.2, -0.15) is 0 Å². The highest BCUT2D eigenvalue weighted by Gasteiger charge is 2.04. The fourth-order valence-corrected chi connectivity index (χ4v) is 1.89. The normalized spacial score (nSPS) is 9.67. The van der Waals surface area contributed by atoms with Crippen molar-refractivity contribution in [2.75, 3.05) is 0 Å². The molecule has 0 saturated carbocycles. The predicted molar refractivity (Wildman–Crippen MR) is 51.2 cm³/mol. The minimum Gasteiger partial charge on any atom is -0.481 e. The molecule has 0 saturated heterocycles. The molecule has 0 aliphatic heterocycles. The number of rotatable bonds is 3. The van der Waals surface area contributed by atoms with E-state index in [1.165, 1.54) is 0 Å². The zero-order chi connectivity index (χ0) is 8.97. The van der Waals surface area contributed by atoms with Crippen LogP contribution in [0.3, 0.4) is 0 Å². The Kier molecular flexibility index (Phi) is 3.33. The van der Waals surface area contributed by atoms with Crippen molar-refractivity contribution in [2.45, 2.75) is 6.42 Å². The average molecular weight is 278 g/mol. The summed E-state index contributed by atoms with van der Waals surface area (Å²) in [5.74, 6) is -0.889. The number of carboxylic acids is 1. The van der Waals surface area contributed by atoms with Crippen LogP contribution in [0.2, 0.25) is 0 Å².